The third-order valence-electron chi connectivity index (χ3n) is 1.39. The molecule has 1 N–H and O–H groups in total. The predicted octanol–water partition coefficient (Wildman–Crippen LogP) is 0.109. The molecule has 0 aliphatic heterocycles. The molecule has 0 saturated heterocycles. The van der Waals surface area contributed by atoms with Gasteiger partial charge in [-0.15, -0.1) is 0 Å². The summed E-state index contributed by atoms with van der Waals surface area (Å²) in [5, 5.41) is 20.5. The molecule has 0 amide bonds. The minimum atomic E-state index is -2.22. The van der Waals surface area contributed by atoms with Gasteiger partial charge in [-0.3, -0.25) is 0 Å². The fourth-order valence-corrected chi connectivity index (χ4v) is 1.02. The molecule has 1 unspecified atom stereocenters. The first-order chi connectivity index (χ1) is 6.75. The summed E-state index contributed by atoms with van der Waals surface area (Å²) in [5.74, 6) is -2.25. The summed E-state index contributed by atoms with van der Waals surface area (Å²) in [6.45, 7) is 0. The third-order valence-corrected chi connectivity index (χ3v) is 2.01. The van der Waals surface area contributed by atoms with E-state index in [1.165, 1.54) is 0 Å². The van der Waals surface area contributed by atoms with Crippen molar-refractivity contribution in [2.75, 3.05) is 14.2 Å². The molecule has 0 bridgehead atoms. The summed E-state index contributed by atoms with van der Waals surface area (Å²) in [7, 11) is 2.02. The van der Waals surface area contributed by atoms with E-state index in [1.54, 1.807) is 0 Å². The maximum absolute atomic E-state index is 11.1. The molecule has 0 aromatic rings. The number of hydrogen-bond donors (Lipinski definition) is 1. The van der Waals surface area contributed by atoms with Crippen LogP contribution in [0.3, 0.4) is 0 Å². The molecule has 1 atom stereocenters. The quantitative estimate of drug-likeness (QED) is 0.343. The summed E-state index contributed by atoms with van der Waals surface area (Å²) in [4.78, 5) is 11.1. The minimum Gasteiger partial charge on any atom is -0.616 e. The monoisotopic (exact) mass is 277 g/mol. The first kappa shape index (κ1) is 14.6. The first-order valence-corrected chi connectivity index (χ1v) is 4.67. The largest absolute Gasteiger partial charge is 0.616 e. The second-order valence-corrected chi connectivity index (χ2v) is 4.71. The summed E-state index contributed by atoms with van der Waals surface area (Å²) < 4.78 is 6.25. The average molecular weight is 278 g/mol. The number of carbonyl (C=O) groups excluding carboxylic acids is 1. The fourth-order valence-electron chi connectivity index (χ4n) is 0.690. The molecule has 5 nitrogen and oxygen atoms in total. The van der Waals surface area contributed by atoms with Gasteiger partial charge in [-0.05, 0) is 7.11 Å². The molecular formula is C7H8Cl3O5-. The molecule has 88 valence electrons. The smallest absolute Gasteiger partial charge is 0.338 e. The Bertz CT molecular complexity index is 270. The van der Waals surface area contributed by atoms with E-state index in [4.69, 9.17) is 34.8 Å². The molecule has 0 aliphatic rings. The number of carbonyl (C=O) groups is 1. The number of esters is 1. The van der Waals surface area contributed by atoms with Crippen molar-refractivity contribution in [3.63, 3.8) is 0 Å². The molecule has 0 aromatic heterocycles. The lowest BCUT2D eigenvalue weighted by Crippen LogP contribution is -2.35. The van der Waals surface area contributed by atoms with Crippen LogP contribution in [0.4, 0.5) is 0 Å². The molecule has 0 fully saturated rings. The van der Waals surface area contributed by atoms with Crippen LogP contribution in [-0.2, 0) is 14.3 Å². The molecule has 15 heavy (non-hydrogen) atoms. The van der Waals surface area contributed by atoms with E-state index >= 15 is 0 Å². The Hall–Kier alpha value is -0.360. The normalized spacial score (nSPS) is 15.3. The van der Waals surface area contributed by atoms with Gasteiger partial charge in [0.1, 0.15) is 6.10 Å². The van der Waals surface area contributed by atoms with Crippen LogP contribution < -0.4 is 5.11 Å². The van der Waals surface area contributed by atoms with E-state index in [2.05, 4.69) is 9.47 Å². The number of ether oxygens (including phenoxy) is 2. The highest BCUT2D eigenvalue weighted by molar-refractivity contribution is 6.68. The average Bonchev–Trinajstić information content (AvgIpc) is 2.15. The summed E-state index contributed by atoms with van der Waals surface area (Å²) >= 11 is 16.0. The Kier molecular flexibility index (Phi) is 5.51. The van der Waals surface area contributed by atoms with Crippen molar-refractivity contribution in [2.24, 2.45) is 0 Å². The topological polar surface area (TPSA) is 78.8 Å². The van der Waals surface area contributed by atoms with E-state index in [9.17, 15) is 15.0 Å². The van der Waals surface area contributed by atoms with Crippen LogP contribution >= 0.6 is 34.8 Å². The maximum atomic E-state index is 11.1. The molecule has 0 saturated carbocycles. The molecular weight excluding hydrogens is 270 g/mol. The van der Waals surface area contributed by atoms with Crippen molar-refractivity contribution in [1.29, 1.82) is 0 Å². The van der Waals surface area contributed by atoms with E-state index in [-0.39, 0.29) is 0 Å². The van der Waals surface area contributed by atoms with Crippen molar-refractivity contribution in [3.8, 4) is 0 Å². The highest BCUT2D eigenvalue weighted by Gasteiger charge is 2.38. The van der Waals surface area contributed by atoms with Gasteiger partial charge >= 0.3 is 5.97 Å². The molecule has 0 aromatic carbocycles. The molecule has 0 rings (SSSR count). The van der Waals surface area contributed by atoms with Crippen LogP contribution in [0.5, 0.6) is 0 Å². The van der Waals surface area contributed by atoms with Crippen molar-refractivity contribution < 1.29 is 24.5 Å². The number of aliphatic hydroxyl groups excluding tert-OH is 1. The van der Waals surface area contributed by atoms with E-state index in [0.29, 0.717) is 0 Å². The Morgan fingerprint density at radius 3 is 2.07 bits per heavy atom. The number of hydrogen-bond acceptors (Lipinski definition) is 5. The van der Waals surface area contributed by atoms with Gasteiger partial charge in [0, 0.05) is 0 Å². The molecule has 8 heteroatoms. The van der Waals surface area contributed by atoms with Gasteiger partial charge in [-0.2, -0.15) is 0 Å². The highest BCUT2D eigenvalue weighted by atomic mass is 35.6. The van der Waals surface area contributed by atoms with Crippen molar-refractivity contribution in [3.05, 3.63) is 11.5 Å². The van der Waals surface area contributed by atoms with Gasteiger partial charge < -0.3 is 19.7 Å². The maximum Gasteiger partial charge on any atom is 0.338 e. The van der Waals surface area contributed by atoms with Crippen LogP contribution in [-0.4, -0.2) is 35.2 Å². The molecule has 0 radical (unpaired) electrons. The Morgan fingerprint density at radius 1 is 1.33 bits per heavy atom. The lowest BCUT2D eigenvalue weighted by atomic mass is 10.2. The van der Waals surface area contributed by atoms with Gasteiger partial charge in [0.25, 0.3) is 0 Å². The Balaban J connectivity index is 5.24. The fraction of sp³-hybridized carbons (Fsp3) is 0.571. The predicted molar refractivity (Wildman–Crippen MR) is 52.3 cm³/mol. The zero-order chi connectivity index (χ0) is 12.2. The summed E-state index contributed by atoms with van der Waals surface area (Å²) in [5.41, 5.74) is -0.778. The summed E-state index contributed by atoms with van der Waals surface area (Å²) in [6, 6.07) is 0. The van der Waals surface area contributed by atoms with Crippen LogP contribution in [0.2, 0.25) is 0 Å². The van der Waals surface area contributed by atoms with Crippen LogP contribution in [0, 0.1) is 0 Å². The van der Waals surface area contributed by atoms with Crippen molar-refractivity contribution in [1.82, 2.24) is 0 Å². The van der Waals surface area contributed by atoms with E-state index in [1.807, 2.05) is 0 Å². The second kappa shape index (κ2) is 5.65. The van der Waals surface area contributed by atoms with Crippen LogP contribution in [0.1, 0.15) is 0 Å². The Morgan fingerprint density at radius 2 is 1.80 bits per heavy atom. The van der Waals surface area contributed by atoms with Gasteiger partial charge in [0.05, 0.1) is 18.6 Å². The van der Waals surface area contributed by atoms with Gasteiger partial charge in [0.15, 0.2) is 0 Å². The van der Waals surface area contributed by atoms with Gasteiger partial charge in [-0.25, -0.2) is 4.79 Å². The SMILES string of the molecule is COC(=O)/C(=C(/[O-])OC)C(O)C(Cl)(Cl)Cl. The molecule has 0 spiro atoms. The van der Waals surface area contributed by atoms with Crippen LogP contribution in [0.15, 0.2) is 11.5 Å². The first-order valence-electron chi connectivity index (χ1n) is 3.54. The molecule has 0 heterocycles. The second-order valence-electron chi connectivity index (χ2n) is 2.34. The number of halogens is 3. The zero-order valence-electron chi connectivity index (χ0n) is 7.79. The number of alkyl halides is 3. The lowest BCUT2D eigenvalue weighted by Gasteiger charge is -2.24. The van der Waals surface area contributed by atoms with Gasteiger partial charge in [0.2, 0.25) is 3.79 Å². The zero-order valence-corrected chi connectivity index (χ0v) is 10.1. The third kappa shape index (κ3) is 3.95. The van der Waals surface area contributed by atoms with Gasteiger partial charge in [-0.1, -0.05) is 34.8 Å². The highest BCUT2D eigenvalue weighted by Crippen LogP contribution is 2.34. The van der Waals surface area contributed by atoms with Crippen LogP contribution in [0.25, 0.3) is 0 Å². The number of methoxy groups -OCH3 is 2. The van der Waals surface area contributed by atoms with E-state index in [0.717, 1.165) is 14.2 Å². The standard InChI is InChI=1S/C7H9Cl3O5/c1-14-5(12)3(6(13)15-2)4(11)7(8,9)10/h4,11-12H,1-2H3/p-1/b5-3-. The Labute approximate surface area is 101 Å². The van der Waals surface area contributed by atoms with Crippen molar-refractivity contribution in [2.45, 2.75) is 9.90 Å². The lowest BCUT2D eigenvalue weighted by molar-refractivity contribution is -0.355. The molecule has 0 aliphatic carbocycles. The number of rotatable bonds is 3. The number of aliphatic hydroxyl groups is 1. The van der Waals surface area contributed by atoms with Crippen molar-refractivity contribution >= 4 is 40.8 Å². The minimum absolute atomic E-state index is 0.778. The summed E-state index contributed by atoms with van der Waals surface area (Å²) in [6.07, 6.45) is -1.93. The van der Waals surface area contributed by atoms with E-state index < -0.39 is 27.4 Å².